The third-order valence-electron chi connectivity index (χ3n) is 4.61. The van der Waals surface area contributed by atoms with E-state index >= 15 is 0 Å². The molecule has 4 nitrogen and oxygen atoms in total. The van der Waals surface area contributed by atoms with Gasteiger partial charge in [0.05, 0.1) is 13.2 Å². The van der Waals surface area contributed by atoms with E-state index in [9.17, 15) is 9.50 Å². The van der Waals surface area contributed by atoms with E-state index in [-0.39, 0.29) is 17.8 Å². The van der Waals surface area contributed by atoms with E-state index in [1.807, 2.05) is 0 Å². The van der Waals surface area contributed by atoms with Crippen molar-refractivity contribution in [2.45, 2.75) is 25.7 Å². The van der Waals surface area contributed by atoms with Crippen molar-refractivity contribution in [3.05, 3.63) is 30.1 Å². The summed E-state index contributed by atoms with van der Waals surface area (Å²) in [6.45, 7) is 4.48. The van der Waals surface area contributed by atoms with Crippen molar-refractivity contribution in [2.24, 2.45) is 5.41 Å². The van der Waals surface area contributed by atoms with Crippen LogP contribution in [0, 0.1) is 11.2 Å². The molecule has 0 amide bonds. The van der Waals surface area contributed by atoms with Crippen molar-refractivity contribution in [3.8, 4) is 5.75 Å². The number of halogens is 1. The van der Waals surface area contributed by atoms with E-state index in [0.29, 0.717) is 19.0 Å². The van der Waals surface area contributed by atoms with Crippen molar-refractivity contribution in [2.75, 3.05) is 46.6 Å². The molecule has 1 atom stereocenters. The summed E-state index contributed by atoms with van der Waals surface area (Å²) in [5, 5.41) is 9.79. The molecule has 1 N–H and O–H groups in total. The first-order chi connectivity index (χ1) is 11.2. The van der Waals surface area contributed by atoms with Crippen LogP contribution >= 0.6 is 0 Å². The van der Waals surface area contributed by atoms with Crippen LogP contribution in [0.5, 0.6) is 5.75 Å². The van der Waals surface area contributed by atoms with E-state index in [0.717, 1.165) is 45.3 Å². The molecule has 0 spiro atoms. The van der Waals surface area contributed by atoms with Crippen molar-refractivity contribution >= 4 is 0 Å². The van der Waals surface area contributed by atoms with Gasteiger partial charge in [-0.2, -0.15) is 0 Å². The van der Waals surface area contributed by atoms with Crippen LogP contribution in [-0.2, 0) is 4.74 Å². The Morgan fingerprint density at radius 1 is 1.26 bits per heavy atom. The Balaban J connectivity index is 1.71. The second-order valence-corrected chi connectivity index (χ2v) is 6.44. The van der Waals surface area contributed by atoms with Gasteiger partial charge in [0.25, 0.3) is 0 Å². The molecule has 0 bridgehead atoms. The van der Waals surface area contributed by atoms with Gasteiger partial charge in [0.1, 0.15) is 11.6 Å². The molecule has 5 heteroatoms. The smallest absolute Gasteiger partial charge is 0.123 e. The number of methoxy groups -OCH3 is 1. The van der Waals surface area contributed by atoms with Crippen LogP contribution in [0.2, 0.25) is 0 Å². The number of piperidine rings is 1. The maximum atomic E-state index is 12.8. The SMILES string of the molecule is COCCC1(CO)CCCN(CCCOc2ccc(F)cc2)C1. The first kappa shape index (κ1) is 18.2. The van der Waals surface area contributed by atoms with Crippen molar-refractivity contribution in [1.82, 2.24) is 4.90 Å². The first-order valence-corrected chi connectivity index (χ1v) is 8.38. The van der Waals surface area contributed by atoms with Crippen LogP contribution in [0.1, 0.15) is 25.7 Å². The number of benzene rings is 1. The Morgan fingerprint density at radius 3 is 2.74 bits per heavy atom. The highest BCUT2D eigenvalue weighted by Crippen LogP contribution is 2.33. The molecule has 1 aromatic carbocycles. The predicted molar refractivity (Wildman–Crippen MR) is 88.2 cm³/mol. The molecule has 1 fully saturated rings. The highest BCUT2D eigenvalue weighted by atomic mass is 19.1. The summed E-state index contributed by atoms with van der Waals surface area (Å²) in [7, 11) is 1.71. The fourth-order valence-corrected chi connectivity index (χ4v) is 3.24. The molecule has 1 aliphatic rings. The summed E-state index contributed by atoms with van der Waals surface area (Å²) in [4.78, 5) is 2.41. The minimum absolute atomic E-state index is 0.0218. The number of ether oxygens (including phenoxy) is 2. The largest absolute Gasteiger partial charge is 0.494 e. The van der Waals surface area contributed by atoms with Crippen LogP contribution < -0.4 is 4.74 Å². The minimum atomic E-state index is -0.248. The lowest BCUT2D eigenvalue weighted by molar-refractivity contribution is 0.00630. The number of hydrogen-bond acceptors (Lipinski definition) is 4. The first-order valence-electron chi connectivity index (χ1n) is 8.38. The minimum Gasteiger partial charge on any atom is -0.494 e. The van der Waals surface area contributed by atoms with Crippen LogP contribution in [0.4, 0.5) is 4.39 Å². The van der Waals surface area contributed by atoms with Gasteiger partial charge in [-0.05, 0) is 56.5 Å². The molecule has 0 radical (unpaired) electrons. The van der Waals surface area contributed by atoms with Gasteiger partial charge in [-0.15, -0.1) is 0 Å². The molecule has 1 saturated heterocycles. The molecule has 1 aromatic rings. The standard InChI is InChI=1S/C18H28FNO3/c1-22-13-9-18(15-21)8-2-10-20(14-18)11-3-12-23-17-6-4-16(19)5-7-17/h4-7,21H,2-3,8-15H2,1H3. The predicted octanol–water partition coefficient (Wildman–Crippen LogP) is 2.71. The zero-order chi connectivity index (χ0) is 16.5. The Bertz CT molecular complexity index is 454. The third-order valence-corrected chi connectivity index (χ3v) is 4.61. The summed E-state index contributed by atoms with van der Waals surface area (Å²) >= 11 is 0. The van der Waals surface area contributed by atoms with Crippen LogP contribution in [0.25, 0.3) is 0 Å². The fraction of sp³-hybridized carbons (Fsp3) is 0.667. The Hall–Kier alpha value is -1.17. The lowest BCUT2D eigenvalue weighted by Crippen LogP contribution is -2.46. The average Bonchev–Trinajstić information content (AvgIpc) is 2.59. The highest BCUT2D eigenvalue weighted by Gasteiger charge is 2.34. The molecule has 0 saturated carbocycles. The summed E-state index contributed by atoms with van der Waals surface area (Å²) < 4.78 is 23.6. The normalized spacial score (nSPS) is 22.2. The van der Waals surface area contributed by atoms with Gasteiger partial charge in [-0.1, -0.05) is 0 Å². The Labute approximate surface area is 138 Å². The molecule has 1 aliphatic heterocycles. The van der Waals surface area contributed by atoms with Crippen molar-refractivity contribution < 1.29 is 19.0 Å². The van der Waals surface area contributed by atoms with Gasteiger partial charge in [-0.3, -0.25) is 0 Å². The van der Waals surface area contributed by atoms with Crippen molar-refractivity contribution in [1.29, 1.82) is 0 Å². The van der Waals surface area contributed by atoms with E-state index in [2.05, 4.69) is 4.90 Å². The second-order valence-electron chi connectivity index (χ2n) is 6.44. The second kappa shape index (κ2) is 9.21. The third kappa shape index (κ3) is 5.75. The Kier molecular flexibility index (Phi) is 7.27. The molecule has 23 heavy (non-hydrogen) atoms. The zero-order valence-corrected chi connectivity index (χ0v) is 14.0. The van der Waals surface area contributed by atoms with Crippen LogP contribution in [-0.4, -0.2) is 56.6 Å². The van der Waals surface area contributed by atoms with Gasteiger partial charge < -0.3 is 19.5 Å². The lowest BCUT2D eigenvalue weighted by atomic mass is 9.78. The van der Waals surface area contributed by atoms with Crippen molar-refractivity contribution in [3.63, 3.8) is 0 Å². The zero-order valence-electron chi connectivity index (χ0n) is 14.0. The van der Waals surface area contributed by atoms with Crippen LogP contribution in [0.15, 0.2) is 24.3 Å². The fourth-order valence-electron chi connectivity index (χ4n) is 3.24. The van der Waals surface area contributed by atoms with Gasteiger partial charge in [0.2, 0.25) is 0 Å². The van der Waals surface area contributed by atoms with E-state index in [1.165, 1.54) is 12.1 Å². The monoisotopic (exact) mass is 325 g/mol. The van der Waals surface area contributed by atoms with E-state index in [1.54, 1.807) is 19.2 Å². The number of rotatable bonds is 9. The topological polar surface area (TPSA) is 41.9 Å². The van der Waals surface area contributed by atoms with Crippen LogP contribution in [0.3, 0.4) is 0 Å². The maximum absolute atomic E-state index is 12.8. The maximum Gasteiger partial charge on any atom is 0.123 e. The number of nitrogens with zero attached hydrogens (tertiary/aromatic N) is 1. The van der Waals surface area contributed by atoms with E-state index in [4.69, 9.17) is 9.47 Å². The molecule has 0 aromatic heterocycles. The number of aliphatic hydroxyl groups excluding tert-OH is 1. The van der Waals surface area contributed by atoms with Gasteiger partial charge in [0, 0.05) is 32.2 Å². The molecule has 2 rings (SSSR count). The number of aliphatic hydroxyl groups is 1. The Morgan fingerprint density at radius 2 is 2.04 bits per heavy atom. The summed E-state index contributed by atoms with van der Waals surface area (Å²) in [6, 6.07) is 6.12. The quantitative estimate of drug-likeness (QED) is 0.709. The lowest BCUT2D eigenvalue weighted by Gasteiger charge is -2.42. The van der Waals surface area contributed by atoms with Gasteiger partial charge in [-0.25, -0.2) is 4.39 Å². The molecule has 130 valence electrons. The highest BCUT2D eigenvalue weighted by molar-refractivity contribution is 5.21. The molecule has 1 unspecified atom stereocenters. The van der Waals surface area contributed by atoms with Gasteiger partial charge >= 0.3 is 0 Å². The molecular weight excluding hydrogens is 297 g/mol. The van der Waals surface area contributed by atoms with Gasteiger partial charge in [0.15, 0.2) is 0 Å². The molecule has 1 heterocycles. The summed E-state index contributed by atoms with van der Waals surface area (Å²) in [6.07, 6.45) is 4.00. The molecule has 0 aliphatic carbocycles. The average molecular weight is 325 g/mol. The number of hydrogen-bond donors (Lipinski definition) is 1. The number of likely N-dealkylation sites (tertiary alicyclic amines) is 1. The van der Waals surface area contributed by atoms with E-state index < -0.39 is 0 Å². The summed E-state index contributed by atoms with van der Waals surface area (Å²) in [5.74, 6) is 0.455. The molecular formula is C18H28FNO3. The summed E-state index contributed by atoms with van der Waals surface area (Å²) in [5.41, 5.74) is -0.0218.